The van der Waals surface area contributed by atoms with E-state index in [1.54, 1.807) is 12.1 Å². The van der Waals surface area contributed by atoms with Gasteiger partial charge in [0.25, 0.3) is 0 Å². The van der Waals surface area contributed by atoms with Crippen LogP contribution in [0.3, 0.4) is 0 Å². The summed E-state index contributed by atoms with van der Waals surface area (Å²) in [6, 6.07) is 9.03. The van der Waals surface area contributed by atoms with Crippen LogP contribution in [0.2, 0.25) is 0 Å². The first-order valence-corrected chi connectivity index (χ1v) is 11.2. The average Bonchev–Trinajstić information content (AvgIpc) is 2.90. The van der Waals surface area contributed by atoms with Crippen LogP contribution in [0.1, 0.15) is 37.7 Å². The van der Waals surface area contributed by atoms with Crippen LogP contribution in [0.15, 0.2) is 35.7 Å². The number of aromatic hydroxyl groups is 1. The topological polar surface area (TPSA) is 135 Å². The molecule has 9 heteroatoms. The molecule has 0 spiro atoms. The van der Waals surface area contributed by atoms with Gasteiger partial charge in [-0.1, -0.05) is 18.9 Å². The van der Waals surface area contributed by atoms with E-state index in [1.165, 1.54) is 12.1 Å². The van der Waals surface area contributed by atoms with Gasteiger partial charge in [0.2, 0.25) is 10.0 Å². The molecule has 1 aliphatic carbocycles. The molecule has 5 N–H and O–H groups in total. The summed E-state index contributed by atoms with van der Waals surface area (Å²) in [5.74, 6) is 0.742. The van der Waals surface area contributed by atoms with Crippen LogP contribution >= 0.6 is 0 Å². The number of aromatic nitrogens is 2. The van der Waals surface area contributed by atoms with Gasteiger partial charge in [-0.2, -0.15) is 0 Å². The van der Waals surface area contributed by atoms with Gasteiger partial charge in [0.1, 0.15) is 5.75 Å². The third-order valence-electron chi connectivity index (χ3n) is 5.24. The third kappa shape index (κ3) is 5.75. The molecule has 0 aliphatic heterocycles. The molecule has 1 aliphatic rings. The zero-order valence-electron chi connectivity index (χ0n) is 16.4. The number of benzene rings is 1. The molecule has 8 nitrogen and oxygen atoms in total. The average molecular weight is 418 g/mol. The van der Waals surface area contributed by atoms with Crippen molar-refractivity contribution in [2.75, 3.05) is 11.9 Å². The minimum absolute atomic E-state index is 0.0216. The normalized spacial score (nSPS) is 20.5. The minimum Gasteiger partial charge on any atom is -0.507 e. The van der Waals surface area contributed by atoms with Gasteiger partial charge in [0.15, 0.2) is 5.82 Å². The van der Waals surface area contributed by atoms with Crippen molar-refractivity contribution >= 4 is 21.9 Å². The third-order valence-corrected chi connectivity index (χ3v) is 5.76. The van der Waals surface area contributed by atoms with Crippen LogP contribution in [-0.2, 0) is 10.0 Å². The van der Waals surface area contributed by atoms with Gasteiger partial charge < -0.3 is 15.7 Å². The molecule has 1 aromatic carbocycles. The van der Waals surface area contributed by atoms with Gasteiger partial charge in [-0.3, -0.25) is 0 Å². The highest BCUT2D eigenvalue weighted by Crippen LogP contribution is 2.30. The molecule has 0 amide bonds. The molecule has 2 aromatic rings. The molecule has 1 heterocycles. The first-order valence-electron chi connectivity index (χ1n) is 9.59. The van der Waals surface area contributed by atoms with E-state index in [0.29, 0.717) is 22.9 Å². The Morgan fingerprint density at radius 3 is 2.59 bits per heavy atom. The minimum atomic E-state index is -3.72. The van der Waals surface area contributed by atoms with Crippen molar-refractivity contribution in [3.8, 4) is 17.0 Å². The number of sulfonamides is 1. The molecular formula is C20H27N5O3S. The number of nitrogens with two attached hydrogens (primary N) is 2. The van der Waals surface area contributed by atoms with E-state index in [0.717, 1.165) is 43.3 Å². The second-order valence-corrected chi connectivity index (χ2v) is 8.94. The molecule has 3 rings (SSSR count). The fourth-order valence-corrected chi connectivity index (χ4v) is 3.96. The Morgan fingerprint density at radius 2 is 1.93 bits per heavy atom. The summed E-state index contributed by atoms with van der Waals surface area (Å²) in [6.07, 6.45) is 6.74. The first-order chi connectivity index (χ1) is 13.7. The Morgan fingerprint density at radius 1 is 1.17 bits per heavy atom. The maximum Gasteiger partial charge on any atom is 0.231 e. The molecule has 156 valence electrons. The number of hydrogen-bond acceptors (Lipinski definition) is 7. The monoisotopic (exact) mass is 417 g/mol. The lowest BCUT2D eigenvalue weighted by atomic mass is 10.0. The summed E-state index contributed by atoms with van der Waals surface area (Å²) in [4.78, 5) is 2.13. The molecule has 29 heavy (non-hydrogen) atoms. The first kappa shape index (κ1) is 21.2. The maximum absolute atomic E-state index is 11.0. The van der Waals surface area contributed by atoms with Crippen LogP contribution < -0.4 is 15.8 Å². The van der Waals surface area contributed by atoms with E-state index >= 15 is 0 Å². The van der Waals surface area contributed by atoms with Gasteiger partial charge >= 0.3 is 0 Å². The maximum atomic E-state index is 11.0. The van der Waals surface area contributed by atoms with Crippen LogP contribution in [-0.4, -0.2) is 42.9 Å². The summed E-state index contributed by atoms with van der Waals surface area (Å²) in [6.45, 7) is 0. The summed E-state index contributed by atoms with van der Waals surface area (Å²) in [7, 11) is -1.71. The Kier molecular flexibility index (Phi) is 6.51. The van der Waals surface area contributed by atoms with E-state index < -0.39 is 10.0 Å². The van der Waals surface area contributed by atoms with Gasteiger partial charge in [-0.05, 0) is 55.2 Å². The van der Waals surface area contributed by atoms with Gasteiger partial charge in [-0.25, -0.2) is 13.6 Å². The van der Waals surface area contributed by atoms with Crippen LogP contribution in [0, 0.1) is 0 Å². The van der Waals surface area contributed by atoms with Gasteiger partial charge in [0, 0.05) is 30.1 Å². The van der Waals surface area contributed by atoms with E-state index in [9.17, 15) is 13.5 Å². The highest BCUT2D eigenvalue weighted by Gasteiger charge is 2.22. The number of rotatable bonds is 5. The standard InChI is InChI=1S/C20H27N5O3S/c1-25(16-5-3-2-4-15(21)13-16)20-9-8-18(23-24-20)17-7-6-14(12-19(17)26)10-11-29(22,27)28/h6-12,15-16,26H,2-5,13,21H2,1H3,(H2,22,27,28)/b11-10+/t15?,16-/m0/s1. The molecule has 0 saturated heterocycles. The lowest BCUT2D eigenvalue weighted by Gasteiger charge is -2.29. The number of anilines is 1. The number of nitrogens with zero attached hydrogens (tertiary/aromatic N) is 3. The van der Waals surface area contributed by atoms with E-state index in [1.807, 2.05) is 19.2 Å². The van der Waals surface area contributed by atoms with Gasteiger partial charge in [-0.15, -0.1) is 10.2 Å². The summed E-state index contributed by atoms with van der Waals surface area (Å²) < 4.78 is 22.0. The van der Waals surface area contributed by atoms with Crippen molar-refractivity contribution in [2.24, 2.45) is 10.9 Å². The number of primary sulfonamides is 1. The van der Waals surface area contributed by atoms with Crippen LogP contribution in [0.25, 0.3) is 17.3 Å². The molecule has 1 fully saturated rings. The smallest absolute Gasteiger partial charge is 0.231 e. The second kappa shape index (κ2) is 8.89. The SMILES string of the molecule is CN(c1ccc(-c2ccc(/C=C/S(N)(=O)=O)cc2O)nn1)[C@H]1CCCCC(N)C1. The van der Waals surface area contributed by atoms with Crippen molar-refractivity contribution < 1.29 is 13.5 Å². The summed E-state index contributed by atoms with van der Waals surface area (Å²) >= 11 is 0. The predicted octanol–water partition coefficient (Wildman–Crippen LogP) is 2.20. The highest BCUT2D eigenvalue weighted by atomic mass is 32.2. The van der Waals surface area contributed by atoms with Crippen LogP contribution in [0.4, 0.5) is 5.82 Å². The highest BCUT2D eigenvalue weighted by molar-refractivity contribution is 7.92. The Balaban J connectivity index is 1.76. The van der Waals surface area contributed by atoms with E-state index in [-0.39, 0.29) is 11.8 Å². The van der Waals surface area contributed by atoms with E-state index in [2.05, 4.69) is 15.1 Å². The number of phenols is 1. The largest absolute Gasteiger partial charge is 0.507 e. The summed E-state index contributed by atoms with van der Waals surface area (Å²) in [5, 5.41) is 24.7. The zero-order valence-corrected chi connectivity index (χ0v) is 17.2. The molecule has 0 bridgehead atoms. The van der Waals surface area contributed by atoms with E-state index in [4.69, 9.17) is 10.9 Å². The lowest BCUT2D eigenvalue weighted by molar-refractivity contribution is 0.477. The van der Waals surface area contributed by atoms with Crippen molar-refractivity contribution in [3.63, 3.8) is 0 Å². The predicted molar refractivity (Wildman–Crippen MR) is 115 cm³/mol. The molecular weight excluding hydrogens is 390 g/mol. The van der Waals surface area contributed by atoms with Crippen molar-refractivity contribution in [1.82, 2.24) is 10.2 Å². The Labute approximate surface area is 171 Å². The Bertz CT molecular complexity index is 976. The second-order valence-electron chi connectivity index (χ2n) is 7.49. The quantitative estimate of drug-likeness (QED) is 0.635. The molecule has 1 unspecified atom stereocenters. The zero-order chi connectivity index (χ0) is 21.0. The Hall–Kier alpha value is -2.49. The van der Waals surface area contributed by atoms with Crippen molar-refractivity contribution in [3.05, 3.63) is 41.3 Å². The molecule has 2 atom stereocenters. The lowest BCUT2D eigenvalue weighted by Crippen LogP contribution is -2.36. The fraction of sp³-hybridized carbons (Fsp3) is 0.400. The molecule has 1 saturated carbocycles. The molecule has 1 aromatic heterocycles. The number of phenolic OH excluding ortho intramolecular Hbond substituents is 1. The molecule has 0 radical (unpaired) electrons. The van der Waals surface area contributed by atoms with Crippen molar-refractivity contribution in [1.29, 1.82) is 0 Å². The van der Waals surface area contributed by atoms with Crippen molar-refractivity contribution in [2.45, 2.75) is 44.2 Å². The number of hydrogen-bond donors (Lipinski definition) is 3. The fourth-order valence-electron chi connectivity index (χ4n) is 3.61. The summed E-state index contributed by atoms with van der Waals surface area (Å²) in [5.41, 5.74) is 7.73. The van der Waals surface area contributed by atoms with Crippen LogP contribution in [0.5, 0.6) is 5.75 Å². The van der Waals surface area contributed by atoms with Gasteiger partial charge in [0.05, 0.1) is 5.69 Å².